The van der Waals surface area contributed by atoms with E-state index in [2.05, 4.69) is 20.1 Å². The van der Waals surface area contributed by atoms with Crippen molar-refractivity contribution in [1.82, 2.24) is 24.4 Å². The van der Waals surface area contributed by atoms with Crippen molar-refractivity contribution >= 4 is 22.4 Å². The second-order valence-electron chi connectivity index (χ2n) is 7.04. The third-order valence-electron chi connectivity index (χ3n) is 5.43. The minimum Gasteiger partial charge on any atom is -0.312 e. The van der Waals surface area contributed by atoms with E-state index in [1.54, 1.807) is 19.1 Å². The van der Waals surface area contributed by atoms with Crippen molar-refractivity contribution in [3.05, 3.63) is 41.0 Å². The third-order valence-corrected chi connectivity index (χ3v) is 7.38. The number of benzene rings is 1. The van der Waals surface area contributed by atoms with E-state index < -0.39 is 10.0 Å². The molecule has 2 aliphatic heterocycles. The van der Waals surface area contributed by atoms with Gasteiger partial charge < -0.3 is 9.88 Å². The van der Waals surface area contributed by atoms with E-state index in [-0.39, 0.29) is 28.8 Å². The van der Waals surface area contributed by atoms with Crippen LogP contribution in [0.2, 0.25) is 0 Å². The van der Waals surface area contributed by atoms with E-state index in [0.29, 0.717) is 31.5 Å². The Balaban J connectivity index is 0.00000225. The Morgan fingerprint density at radius 3 is 2.68 bits per heavy atom. The summed E-state index contributed by atoms with van der Waals surface area (Å²) in [6.07, 6.45) is 1.41. The van der Waals surface area contributed by atoms with Gasteiger partial charge in [0.05, 0.1) is 12.1 Å². The number of rotatable bonds is 3. The van der Waals surface area contributed by atoms with Crippen LogP contribution in [0, 0.1) is 18.3 Å². The number of hydrogen-bond donors (Lipinski definition) is 1. The summed E-state index contributed by atoms with van der Waals surface area (Å²) >= 11 is 0. The number of nitriles is 1. The van der Waals surface area contributed by atoms with Crippen LogP contribution >= 0.6 is 12.4 Å². The van der Waals surface area contributed by atoms with Crippen LogP contribution in [0.25, 0.3) is 0 Å². The molecule has 0 bridgehead atoms. The number of hydrogen-bond acceptors (Lipinski definition) is 6. The quantitative estimate of drug-likeness (QED) is 0.804. The first-order valence-electron chi connectivity index (χ1n) is 9.15. The third kappa shape index (κ3) is 3.53. The van der Waals surface area contributed by atoms with Gasteiger partial charge in [0.25, 0.3) is 0 Å². The maximum atomic E-state index is 13.1. The SMILES string of the molecule is Cc1cccc(S(=O)(=O)N2CCC(c3nnc4n3CCNC4)CC2)c1C#N.Cl. The van der Waals surface area contributed by atoms with E-state index in [4.69, 9.17) is 0 Å². The standard InChI is InChI=1S/C18H22N6O2S.ClH/c1-13-3-2-4-16(15(13)11-19)27(25,26)23-8-5-14(6-9-23)18-22-21-17-12-20-7-10-24(17)18;/h2-4,14,20H,5-10,12H2,1H3;1H. The fourth-order valence-electron chi connectivity index (χ4n) is 3.91. The van der Waals surface area contributed by atoms with Crippen molar-refractivity contribution < 1.29 is 8.42 Å². The maximum absolute atomic E-state index is 13.1. The van der Waals surface area contributed by atoms with E-state index in [9.17, 15) is 13.7 Å². The Hall–Kier alpha value is -1.99. The Labute approximate surface area is 171 Å². The molecule has 1 saturated heterocycles. The highest BCUT2D eigenvalue weighted by molar-refractivity contribution is 7.89. The summed E-state index contributed by atoms with van der Waals surface area (Å²) in [7, 11) is -3.68. The molecule has 150 valence electrons. The van der Waals surface area contributed by atoms with Crippen LogP contribution in [-0.4, -0.2) is 47.1 Å². The van der Waals surface area contributed by atoms with Gasteiger partial charge in [-0.3, -0.25) is 0 Å². The first-order chi connectivity index (χ1) is 13.0. The van der Waals surface area contributed by atoms with Gasteiger partial charge in [0.15, 0.2) is 0 Å². The number of piperidine rings is 1. The van der Waals surface area contributed by atoms with Gasteiger partial charge in [-0.2, -0.15) is 9.57 Å². The second kappa shape index (κ2) is 8.17. The van der Waals surface area contributed by atoms with Gasteiger partial charge in [0, 0.05) is 32.1 Å². The maximum Gasteiger partial charge on any atom is 0.244 e. The molecule has 0 saturated carbocycles. The van der Waals surface area contributed by atoms with Crippen molar-refractivity contribution in [1.29, 1.82) is 5.26 Å². The van der Waals surface area contributed by atoms with Gasteiger partial charge in [-0.25, -0.2) is 8.42 Å². The van der Waals surface area contributed by atoms with Crippen LogP contribution in [0.15, 0.2) is 23.1 Å². The minimum atomic E-state index is -3.68. The van der Waals surface area contributed by atoms with Crippen LogP contribution in [0.3, 0.4) is 0 Å². The minimum absolute atomic E-state index is 0. The summed E-state index contributed by atoms with van der Waals surface area (Å²) in [6, 6.07) is 7.01. The van der Waals surface area contributed by atoms with Crippen molar-refractivity contribution in [2.45, 2.75) is 43.7 Å². The molecule has 0 spiro atoms. The average molecular weight is 423 g/mol. The molecular weight excluding hydrogens is 400 g/mol. The van der Waals surface area contributed by atoms with Gasteiger partial charge in [-0.1, -0.05) is 12.1 Å². The van der Waals surface area contributed by atoms with E-state index in [1.807, 2.05) is 6.07 Å². The van der Waals surface area contributed by atoms with Crippen molar-refractivity contribution in [2.75, 3.05) is 19.6 Å². The van der Waals surface area contributed by atoms with Crippen LogP contribution < -0.4 is 5.32 Å². The van der Waals surface area contributed by atoms with Crippen LogP contribution in [0.4, 0.5) is 0 Å². The van der Waals surface area contributed by atoms with E-state index in [1.165, 1.54) is 10.4 Å². The fourth-order valence-corrected chi connectivity index (χ4v) is 5.59. The normalized spacial score (nSPS) is 18.1. The highest BCUT2D eigenvalue weighted by Gasteiger charge is 2.34. The molecule has 0 unspecified atom stereocenters. The molecule has 1 aromatic heterocycles. The molecule has 1 N–H and O–H groups in total. The number of halogens is 1. The molecule has 10 heteroatoms. The molecular formula is C18H23ClN6O2S. The first kappa shape index (κ1) is 20.7. The second-order valence-corrected chi connectivity index (χ2v) is 8.95. The number of nitrogens with zero attached hydrogens (tertiary/aromatic N) is 5. The topological polar surface area (TPSA) is 104 Å². The molecule has 0 amide bonds. The molecule has 4 rings (SSSR count). The summed E-state index contributed by atoms with van der Waals surface area (Å²) in [5.74, 6) is 2.13. The molecule has 8 nitrogen and oxygen atoms in total. The Bertz CT molecular complexity index is 1010. The van der Waals surface area contributed by atoms with Gasteiger partial charge in [-0.15, -0.1) is 22.6 Å². The summed E-state index contributed by atoms with van der Waals surface area (Å²) in [4.78, 5) is 0.106. The van der Waals surface area contributed by atoms with Crippen molar-refractivity contribution in [3.63, 3.8) is 0 Å². The molecule has 2 aliphatic rings. The number of aromatic nitrogens is 3. The Morgan fingerprint density at radius 2 is 1.96 bits per heavy atom. The Kier molecular flexibility index (Phi) is 6.05. The van der Waals surface area contributed by atoms with Crippen LogP contribution in [0.5, 0.6) is 0 Å². The zero-order valence-corrected chi connectivity index (χ0v) is 17.3. The lowest BCUT2D eigenvalue weighted by atomic mass is 9.97. The molecule has 2 aromatic rings. The lowest BCUT2D eigenvalue weighted by molar-refractivity contribution is 0.307. The molecule has 28 heavy (non-hydrogen) atoms. The molecule has 0 radical (unpaired) electrons. The number of aryl methyl sites for hydroxylation is 1. The summed E-state index contributed by atoms with van der Waals surface area (Å²) in [5, 5.41) is 21.3. The number of nitrogens with one attached hydrogen (secondary N) is 1. The van der Waals surface area contributed by atoms with E-state index >= 15 is 0 Å². The predicted octanol–water partition coefficient (Wildman–Crippen LogP) is 1.55. The lowest BCUT2D eigenvalue weighted by Crippen LogP contribution is -2.39. The number of sulfonamides is 1. The van der Waals surface area contributed by atoms with E-state index in [0.717, 1.165) is 31.3 Å². The van der Waals surface area contributed by atoms with Gasteiger partial charge in [0.2, 0.25) is 10.0 Å². The highest BCUT2D eigenvalue weighted by atomic mass is 35.5. The van der Waals surface area contributed by atoms with Crippen molar-refractivity contribution in [3.8, 4) is 6.07 Å². The summed E-state index contributed by atoms with van der Waals surface area (Å²) in [5.41, 5.74) is 0.913. The summed E-state index contributed by atoms with van der Waals surface area (Å²) in [6.45, 7) is 5.08. The number of fused-ring (bicyclic) bond motifs is 1. The molecule has 1 aromatic carbocycles. The van der Waals surface area contributed by atoms with Crippen LogP contribution in [0.1, 0.15) is 41.5 Å². The van der Waals surface area contributed by atoms with Gasteiger partial charge in [-0.05, 0) is 31.4 Å². The van der Waals surface area contributed by atoms with Gasteiger partial charge in [0.1, 0.15) is 22.6 Å². The zero-order valence-electron chi connectivity index (χ0n) is 15.6. The zero-order chi connectivity index (χ0) is 19.0. The first-order valence-corrected chi connectivity index (χ1v) is 10.6. The molecule has 1 fully saturated rings. The molecule has 3 heterocycles. The largest absolute Gasteiger partial charge is 0.312 e. The molecule has 0 aliphatic carbocycles. The van der Waals surface area contributed by atoms with Crippen molar-refractivity contribution in [2.24, 2.45) is 0 Å². The smallest absolute Gasteiger partial charge is 0.244 e. The summed E-state index contributed by atoms with van der Waals surface area (Å²) < 4.78 is 29.8. The Morgan fingerprint density at radius 1 is 1.21 bits per heavy atom. The van der Waals surface area contributed by atoms with Gasteiger partial charge >= 0.3 is 0 Å². The lowest BCUT2D eigenvalue weighted by Gasteiger charge is -2.31. The van der Waals surface area contributed by atoms with Crippen LogP contribution in [-0.2, 0) is 23.1 Å². The predicted molar refractivity (Wildman–Crippen MR) is 106 cm³/mol. The monoisotopic (exact) mass is 422 g/mol. The molecule has 0 atom stereocenters. The average Bonchev–Trinajstić information content (AvgIpc) is 3.12. The highest BCUT2D eigenvalue weighted by Crippen LogP contribution is 2.31. The fraction of sp³-hybridized carbons (Fsp3) is 0.500.